The van der Waals surface area contributed by atoms with Crippen LogP contribution in [0.4, 0.5) is 11.4 Å². The summed E-state index contributed by atoms with van der Waals surface area (Å²) in [7, 11) is 0. The number of hydrogen-bond acceptors (Lipinski definition) is 4. The fourth-order valence-electron chi connectivity index (χ4n) is 4.40. The molecule has 6 nitrogen and oxygen atoms in total. The van der Waals surface area contributed by atoms with E-state index in [4.69, 9.17) is 0 Å². The zero-order valence-electron chi connectivity index (χ0n) is 18.4. The first kappa shape index (κ1) is 21.4. The van der Waals surface area contributed by atoms with Gasteiger partial charge in [0.2, 0.25) is 5.91 Å². The van der Waals surface area contributed by atoms with Gasteiger partial charge in [0.1, 0.15) is 6.04 Å². The number of fused-ring (bicyclic) bond motifs is 1. The number of aromatic nitrogens is 2. The van der Waals surface area contributed by atoms with E-state index in [9.17, 15) is 9.59 Å². The number of imide groups is 1. The number of nitrogens with zero attached hydrogens (tertiary/aromatic N) is 3. The van der Waals surface area contributed by atoms with Crippen LogP contribution >= 0.6 is 15.9 Å². The van der Waals surface area contributed by atoms with E-state index < -0.39 is 6.04 Å². The van der Waals surface area contributed by atoms with Crippen molar-refractivity contribution >= 4 is 49.9 Å². The molecular weight excluding hydrogens is 480 g/mol. The van der Waals surface area contributed by atoms with Crippen molar-refractivity contribution < 1.29 is 9.59 Å². The minimum absolute atomic E-state index is 0.110. The Bertz CT molecular complexity index is 1370. The number of nitrogens with one attached hydrogen (secondary N) is 1. The summed E-state index contributed by atoms with van der Waals surface area (Å²) in [5.41, 5.74) is 4.29. The molecule has 2 heterocycles. The first-order valence-corrected chi connectivity index (χ1v) is 11.6. The summed E-state index contributed by atoms with van der Waals surface area (Å²) in [6.07, 6.45) is 0.110. The fraction of sp³-hybridized carbons (Fsp3) is 0.192. The predicted octanol–water partition coefficient (Wildman–Crippen LogP) is 5.21. The topological polar surface area (TPSA) is 67.2 Å². The van der Waals surface area contributed by atoms with Gasteiger partial charge >= 0.3 is 0 Å². The van der Waals surface area contributed by atoms with E-state index >= 15 is 0 Å². The van der Waals surface area contributed by atoms with Crippen LogP contribution in [0.25, 0.3) is 10.8 Å². The molecule has 0 radical (unpaired) electrons. The molecule has 0 spiro atoms. The summed E-state index contributed by atoms with van der Waals surface area (Å²) in [5, 5.41) is 9.86. The lowest BCUT2D eigenvalue weighted by atomic mass is 10.1. The molecule has 2 amide bonds. The van der Waals surface area contributed by atoms with Gasteiger partial charge in [-0.05, 0) is 43.0 Å². The zero-order valence-corrected chi connectivity index (χ0v) is 20.0. The van der Waals surface area contributed by atoms with Gasteiger partial charge in [-0.1, -0.05) is 64.5 Å². The first-order chi connectivity index (χ1) is 15.9. The summed E-state index contributed by atoms with van der Waals surface area (Å²) in [6.45, 7) is 4.52. The van der Waals surface area contributed by atoms with E-state index in [1.165, 1.54) is 4.90 Å². The first-order valence-electron chi connectivity index (χ1n) is 10.8. The maximum Gasteiger partial charge on any atom is 0.256 e. The molecule has 3 aromatic carbocycles. The third-order valence-electron chi connectivity index (χ3n) is 6.10. The molecule has 1 atom stereocenters. The number of rotatable bonds is 5. The van der Waals surface area contributed by atoms with Crippen molar-refractivity contribution in [1.82, 2.24) is 9.78 Å². The smallest absolute Gasteiger partial charge is 0.256 e. The number of benzene rings is 3. The quantitative estimate of drug-likeness (QED) is 0.380. The van der Waals surface area contributed by atoms with E-state index in [0.29, 0.717) is 12.2 Å². The summed E-state index contributed by atoms with van der Waals surface area (Å²) < 4.78 is 2.95. The van der Waals surface area contributed by atoms with E-state index in [1.807, 2.05) is 73.1 Å². The Balaban J connectivity index is 1.40. The van der Waals surface area contributed by atoms with Crippen LogP contribution in [0.1, 0.15) is 23.4 Å². The van der Waals surface area contributed by atoms with Gasteiger partial charge in [0.05, 0.1) is 35.7 Å². The average Bonchev–Trinajstić information content (AvgIpc) is 3.24. The SMILES string of the molecule is Cc1nn(Cc2ccc(Br)cc2)c(C)c1N[C@H]1CC(=O)N(c2cccc3ccccc23)C1=O. The van der Waals surface area contributed by atoms with Gasteiger partial charge in [0.25, 0.3) is 5.91 Å². The molecule has 1 aliphatic rings. The Labute approximate surface area is 200 Å². The number of carbonyl (C=O) groups is 2. The van der Waals surface area contributed by atoms with Crippen molar-refractivity contribution in [1.29, 1.82) is 0 Å². The van der Waals surface area contributed by atoms with Gasteiger partial charge < -0.3 is 5.32 Å². The van der Waals surface area contributed by atoms with Crippen LogP contribution < -0.4 is 10.2 Å². The Morgan fingerprint density at radius 3 is 2.52 bits per heavy atom. The van der Waals surface area contributed by atoms with Crippen LogP contribution in [0.5, 0.6) is 0 Å². The van der Waals surface area contributed by atoms with Gasteiger partial charge in [0, 0.05) is 9.86 Å². The highest BCUT2D eigenvalue weighted by Gasteiger charge is 2.40. The molecule has 5 rings (SSSR count). The summed E-state index contributed by atoms with van der Waals surface area (Å²) in [6, 6.07) is 20.9. The van der Waals surface area contributed by atoms with Gasteiger partial charge in [0.15, 0.2) is 0 Å². The van der Waals surface area contributed by atoms with E-state index in [0.717, 1.165) is 37.9 Å². The van der Waals surface area contributed by atoms with Crippen molar-refractivity contribution in [3.05, 3.63) is 88.2 Å². The average molecular weight is 503 g/mol. The maximum absolute atomic E-state index is 13.3. The second-order valence-corrected chi connectivity index (χ2v) is 9.21. The molecule has 166 valence electrons. The van der Waals surface area contributed by atoms with Gasteiger partial charge in [-0.25, -0.2) is 4.90 Å². The number of amides is 2. The molecule has 0 bridgehead atoms. The molecule has 1 aromatic heterocycles. The largest absolute Gasteiger partial charge is 0.370 e. The minimum atomic E-state index is -0.626. The Morgan fingerprint density at radius 1 is 1.00 bits per heavy atom. The van der Waals surface area contributed by atoms with Gasteiger partial charge in [-0.3, -0.25) is 14.3 Å². The van der Waals surface area contributed by atoms with Crippen LogP contribution in [-0.2, 0) is 16.1 Å². The van der Waals surface area contributed by atoms with Crippen LogP contribution in [0.3, 0.4) is 0 Å². The number of carbonyl (C=O) groups excluding carboxylic acids is 2. The molecule has 33 heavy (non-hydrogen) atoms. The van der Waals surface area contributed by atoms with Gasteiger partial charge in [-0.2, -0.15) is 5.10 Å². The normalized spacial score (nSPS) is 16.1. The van der Waals surface area contributed by atoms with Crippen molar-refractivity contribution in [2.24, 2.45) is 0 Å². The lowest BCUT2D eigenvalue weighted by Crippen LogP contribution is -2.35. The number of anilines is 2. The molecule has 1 fully saturated rings. The van der Waals surface area contributed by atoms with Crippen LogP contribution in [-0.4, -0.2) is 27.6 Å². The summed E-state index contributed by atoms with van der Waals surface area (Å²) in [5.74, 6) is -0.442. The molecule has 0 saturated carbocycles. The van der Waals surface area contributed by atoms with Crippen molar-refractivity contribution in [2.75, 3.05) is 10.2 Å². The van der Waals surface area contributed by atoms with Crippen LogP contribution in [0.15, 0.2) is 71.2 Å². The molecular formula is C26H23BrN4O2. The number of hydrogen-bond donors (Lipinski definition) is 1. The Kier molecular flexibility index (Phi) is 5.50. The van der Waals surface area contributed by atoms with E-state index in [1.54, 1.807) is 0 Å². The zero-order chi connectivity index (χ0) is 23.1. The third kappa shape index (κ3) is 3.93. The summed E-state index contributed by atoms with van der Waals surface area (Å²) in [4.78, 5) is 27.6. The maximum atomic E-state index is 13.3. The number of halogens is 1. The molecule has 4 aromatic rings. The number of aryl methyl sites for hydroxylation is 1. The molecule has 7 heteroatoms. The van der Waals surface area contributed by atoms with Crippen LogP contribution in [0, 0.1) is 13.8 Å². The van der Waals surface area contributed by atoms with E-state index in [-0.39, 0.29) is 18.2 Å². The van der Waals surface area contributed by atoms with Crippen LogP contribution in [0.2, 0.25) is 0 Å². The second kappa shape index (κ2) is 8.48. The van der Waals surface area contributed by atoms with Crippen molar-refractivity contribution in [2.45, 2.75) is 32.9 Å². The Hall–Kier alpha value is -3.45. The monoisotopic (exact) mass is 502 g/mol. The highest BCUT2D eigenvalue weighted by molar-refractivity contribution is 9.10. The third-order valence-corrected chi connectivity index (χ3v) is 6.63. The second-order valence-electron chi connectivity index (χ2n) is 8.30. The molecule has 0 aliphatic carbocycles. The predicted molar refractivity (Wildman–Crippen MR) is 133 cm³/mol. The highest BCUT2D eigenvalue weighted by Crippen LogP contribution is 2.32. The van der Waals surface area contributed by atoms with Crippen molar-refractivity contribution in [3.8, 4) is 0 Å². The highest BCUT2D eigenvalue weighted by atomic mass is 79.9. The fourth-order valence-corrected chi connectivity index (χ4v) is 4.66. The van der Waals surface area contributed by atoms with E-state index in [2.05, 4.69) is 38.5 Å². The molecule has 0 unspecified atom stereocenters. The lowest BCUT2D eigenvalue weighted by Gasteiger charge is -2.18. The van der Waals surface area contributed by atoms with Crippen molar-refractivity contribution in [3.63, 3.8) is 0 Å². The molecule has 1 N–H and O–H groups in total. The summed E-state index contributed by atoms with van der Waals surface area (Å²) >= 11 is 3.46. The minimum Gasteiger partial charge on any atom is -0.370 e. The standard InChI is InChI=1S/C26H23BrN4O2/c1-16-25(17(2)30(29-16)15-18-10-12-20(27)13-11-18)28-22-14-24(32)31(26(22)33)23-9-5-7-19-6-3-4-8-21(19)23/h3-13,22,28H,14-15H2,1-2H3/t22-/m0/s1. The van der Waals surface area contributed by atoms with Gasteiger partial charge in [-0.15, -0.1) is 0 Å². The Morgan fingerprint density at radius 2 is 1.73 bits per heavy atom. The lowest BCUT2D eigenvalue weighted by molar-refractivity contribution is -0.121. The molecule has 1 saturated heterocycles. The molecule has 1 aliphatic heterocycles.